The number of hydrogen-bond donors (Lipinski definition) is 3. The number of aliphatic hydroxyl groups is 1. The molecule has 0 aromatic heterocycles. The quantitative estimate of drug-likeness (QED) is 0.0222. The van der Waals surface area contributed by atoms with Gasteiger partial charge in [-0.15, -0.1) is 0 Å². The van der Waals surface area contributed by atoms with Crippen LogP contribution >= 0.6 is 15.6 Å². The third kappa shape index (κ3) is 64.8. The van der Waals surface area contributed by atoms with Crippen LogP contribution in [-0.4, -0.2) is 96.7 Å². The molecule has 2 unspecified atom stereocenters. The van der Waals surface area contributed by atoms with Crippen molar-refractivity contribution in [1.82, 2.24) is 0 Å². The summed E-state index contributed by atoms with van der Waals surface area (Å²) in [5.74, 6) is -0.613. The predicted octanol–water partition coefficient (Wildman–Crippen LogP) is 20.4. The molecule has 0 rings (SSSR count). The summed E-state index contributed by atoms with van der Waals surface area (Å²) in [4.78, 5) is 72.3. The molecule has 0 aliphatic heterocycles. The first-order valence-corrected chi connectivity index (χ1v) is 40.0. The number of unbranched alkanes of at least 4 members (excludes halogenated alkanes) is 40. The Bertz CT molecular complexity index is 1750. The lowest BCUT2D eigenvalue weighted by atomic mass is 10.0. The zero-order chi connectivity index (χ0) is 66.5. The maximum Gasteiger partial charge on any atom is 0.472 e. The van der Waals surface area contributed by atoms with Crippen LogP contribution in [0.3, 0.4) is 0 Å². The van der Waals surface area contributed by atoms with E-state index in [1.54, 1.807) is 0 Å². The minimum atomic E-state index is -4.95. The molecule has 90 heavy (non-hydrogen) atoms. The second-order valence-electron chi connectivity index (χ2n) is 26.6. The van der Waals surface area contributed by atoms with Gasteiger partial charge in [0.05, 0.1) is 26.4 Å². The van der Waals surface area contributed by atoms with Crippen LogP contribution in [0.15, 0.2) is 0 Å². The van der Waals surface area contributed by atoms with Crippen molar-refractivity contribution in [3.8, 4) is 0 Å². The minimum absolute atomic E-state index is 0.104. The van der Waals surface area contributed by atoms with Crippen molar-refractivity contribution in [3.63, 3.8) is 0 Å². The van der Waals surface area contributed by atoms with Crippen LogP contribution in [-0.2, 0) is 65.4 Å². The number of carbonyl (C=O) groups is 4. The number of phosphoric acid groups is 2. The summed E-state index contributed by atoms with van der Waals surface area (Å²) in [5, 5.41) is 10.6. The largest absolute Gasteiger partial charge is 0.472 e. The van der Waals surface area contributed by atoms with Crippen LogP contribution in [0.4, 0.5) is 0 Å². The number of carbonyl (C=O) groups excluding carboxylic acids is 4. The van der Waals surface area contributed by atoms with Crippen molar-refractivity contribution in [2.24, 2.45) is 11.8 Å². The molecule has 17 nitrogen and oxygen atoms in total. The van der Waals surface area contributed by atoms with E-state index in [0.717, 1.165) is 108 Å². The van der Waals surface area contributed by atoms with Gasteiger partial charge >= 0.3 is 39.5 Å². The molecule has 0 bridgehead atoms. The molecule has 0 saturated heterocycles. The molecule has 0 heterocycles. The highest BCUT2D eigenvalue weighted by Crippen LogP contribution is 2.45. The molecule has 5 atom stereocenters. The summed E-state index contributed by atoms with van der Waals surface area (Å²) in [6.07, 6.45) is 49.0. The summed E-state index contributed by atoms with van der Waals surface area (Å²) in [7, 11) is -9.89. The van der Waals surface area contributed by atoms with E-state index in [1.807, 2.05) is 0 Å². The van der Waals surface area contributed by atoms with Gasteiger partial charge in [-0.3, -0.25) is 37.3 Å². The fourth-order valence-corrected chi connectivity index (χ4v) is 12.3. The standard InChI is InChI=1S/C71H138O17P2/c1-7-9-11-13-14-15-16-17-18-21-24-27-30-36-42-48-54-69(74)82-60-67(88-70(75)55-49-43-37-31-28-25-22-19-20-23-26-29-34-40-45-51-63(3)4)62-86-90(79,80)84-58-65(72)57-83-89(77,78)85-61-66(59-81-68(73)53-47-39-12-10-8-2)87-71(76)56-50-44-38-33-32-35-41-46-52-64(5)6/h63-67,72H,7-62H2,1-6H3,(H,77,78)(H,79,80)/t65-,66+,67+/m0/s1. The summed E-state index contributed by atoms with van der Waals surface area (Å²) < 4.78 is 68.1. The molecule has 0 spiro atoms. The van der Waals surface area contributed by atoms with Crippen molar-refractivity contribution >= 4 is 39.5 Å². The van der Waals surface area contributed by atoms with Crippen molar-refractivity contribution in [3.05, 3.63) is 0 Å². The molecule has 19 heteroatoms. The molecule has 0 fully saturated rings. The van der Waals surface area contributed by atoms with Crippen LogP contribution in [0.5, 0.6) is 0 Å². The Morgan fingerprint density at radius 2 is 0.511 bits per heavy atom. The first kappa shape index (κ1) is 88.1. The fourth-order valence-electron chi connectivity index (χ4n) is 10.8. The summed E-state index contributed by atoms with van der Waals surface area (Å²) >= 11 is 0. The van der Waals surface area contributed by atoms with Gasteiger partial charge in [0.1, 0.15) is 19.3 Å². The Hall–Kier alpha value is -1.94. The van der Waals surface area contributed by atoms with Crippen LogP contribution in [0.25, 0.3) is 0 Å². The van der Waals surface area contributed by atoms with E-state index in [0.29, 0.717) is 25.7 Å². The Morgan fingerprint density at radius 3 is 0.756 bits per heavy atom. The Balaban J connectivity index is 5.15. The molecule has 534 valence electrons. The maximum atomic E-state index is 13.0. The van der Waals surface area contributed by atoms with E-state index in [-0.39, 0.29) is 25.7 Å². The molecular weight excluding hydrogens is 1190 g/mol. The van der Waals surface area contributed by atoms with E-state index in [1.165, 1.54) is 173 Å². The normalized spacial score (nSPS) is 14.1. The molecule has 0 saturated carbocycles. The lowest BCUT2D eigenvalue weighted by Gasteiger charge is -2.21. The van der Waals surface area contributed by atoms with Crippen LogP contribution < -0.4 is 0 Å². The average Bonchev–Trinajstić information content (AvgIpc) is 3.71. The molecule has 0 aliphatic carbocycles. The van der Waals surface area contributed by atoms with Crippen LogP contribution in [0.2, 0.25) is 0 Å². The third-order valence-electron chi connectivity index (χ3n) is 16.5. The van der Waals surface area contributed by atoms with E-state index in [9.17, 15) is 43.2 Å². The first-order valence-electron chi connectivity index (χ1n) is 37.0. The number of hydrogen-bond acceptors (Lipinski definition) is 15. The molecule has 0 radical (unpaired) electrons. The smallest absolute Gasteiger partial charge is 0.462 e. The molecule has 0 aromatic carbocycles. The molecule has 0 aromatic rings. The zero-order valence-corrected chi connectivity index (χ0v) is 60.2. The zero-order valence-electron chi connectivity index (χ0n) is 58.4. The Morgan fingerprint density at radius 1 is 0.300 bits per heavy atom. The molecule has 3 N–H and O–H groups in total. The summed E-state index contributed by atoms with van der Waals surface area (Å²) in [6.45, 7) is 9.45. The maximum absolute atomic E-state index is 13.0. The van der Waals surface area contributed by atoms with E-state index in [2.05, 4.69) is 41.5 Å². The van der Waals surface area contributed by atoms with Crippen LogP contribution in [0.1, 0.15) is 363 Å². The number of phosphoric ester groups is 2. The van der Waals surface area contributed by atoms with Crippen molar-refractivity contribution in [1.29, 1.82) is 0 Å². The van der Waals surface area contributed by atoms with Gasteiger partial charge in [0.2, 0.25) is 0 Å². The van der Waals surface area contributed by atoms with Gasteiger partial charge in [0.15, 0.2) is 12.2 Å². The van der Waals surface area contributed by atoms with Crippen molar-refractivity contribution < 1.29 is 80.2 Å². The topological polar surface area (TPSA) is 237 Å². The van der Waals surface area contributed by atoms with Gasteiger partial charge in [0, 0.05) is 25.7 Å². The number of aliphatic hydroxyl groups excluding tert-OH is 1. The highest BCUT2D eigenvalue weighted by atomic mass is 31.2. The molecule has 0 amide bonds. The highest BCUT2D eigenvalue weighted by molar-refractivity contribution is 7.47. The monoisotopic (exact) mass is 1320 g/mol. The minimum Gasteiger partial charge on any atom is -0.462 e. The average molecular weight is 1330 g/mol. The van der Waals surface area contributed by atoms with Gasteiger partial charge in [0.25, 0.3) is 0 Å². The number of rotatable bonds is 70. The fraction of sp³-hybridized carbons (Fsp3) is 0.944. The lowest BCUT2D eigenvalue weighted by molar-refractivity contribution is -0.161. The van der Waals surface area contributed by atoms with Gasteiger partial charge in [-0.2, -0.15) is 0 Å². The molecular formula is C71H138O17P2. The summed E-state index contributed by atoms with van der Waals surface area (Å²) in [6, 6.07) is 0. The van der Waals surface area contributed by atoms with Gasteiger partial charge in [-0.05, 0) is 37.5 Å². The van der Waals surface area contributed by atoms with Crippen molar-refractivity contribution in [2.75, 3.05) is 39.6 Å². The van der Waals surface area contributed by atoms with E-state index < -0.39 is 97.5 Å². The number of ether oxygens (including phenoxy) is 4. The SMILES string of the molecule is CCCCCCCCCCCCCCCCCCC(=O)OC[C@H](COP(=O)(O)OC[C@@H](O)COP(=O)(O)OC[C@@H](COC(=O)CCCCCCC)OC(=O)CCCCCCCCCCC(C)C)OC(=O)CCCCCCCCCCCCCCCCCC(C)C. The second-order valence-corrected chi connectivity index (χ2v) is 29.5. The molecule has 0 aliphatic rings. The Labute approximate surface area is 549 Å². The van der Waals surface area contributed by atoms with Crippen LogP contribution in [0, 0.1) is 11.8 Å². The third-order valence-corrected chi connectivity index (χ3v) is 18.4. The number of esters is 4. The van der Waals surface area contributed by atoms with Gasteiger partial charge in [-0.25, -0.2) is 9.13 Å². The predicted molar refractivity (Wildman–Crippen MR) is 363 cm³/mol. The first-order chi connectivity index (χ1) is 43.4. The van der Waals surface area contributed by atoms with E-state index in [4.69, 9.17) is 37.0 Å². The lowest BCUT2D eigenvalue weighted by Crippen LogP contribution is -2.30. The van der Waals surface area contributed by atoms with Gasteiger partial charge in [-0.1, -0.05) is 311 Å². The van der Waals surface area contributed by atoms with Gasteiger partial charge < -0.3 is 33.8 Å². The second kappa shape index (κ2) is 63.1. The van der Waals surface area contributed by atoms with E-state index >= 15 is 0 Å². The Kier molecular flexibility index (Phi) is 61.8. The van der Waals surface area contributed by atoms with Crippen molar-refractivity contribution in [2.45, 2.75) is 381 Å². The highest BCUT2D eigenvalue weighted by Gasteiger charge is 2.30. The summed E-state index contributed by atoms with van der Waals surface area (Å²) in [5.41, 5.74) is 0.